The number of aromatic nitrogens is 3. The van der Waals surface area contributed by atoms with Crippen LogP contribution in [0.5, 0.6) is 11.5 Å². The van der Waals surface area contributed by atoms with Crippen LogP contribution in [0.4, 0.5) is 5.82 Å². The van der Waals surface area contributed by atoms with Crippen LogP contribution in [-0.4, -0.2) is 35.5 Å². The van der Waals surface area contributed by atoms with Crippen molar-refractivity contribution in [2.24, 2.45) is 0 Å². The monoisotopic (exact) mass is 470 g/mol. The Morgan fingerprint density at radius 3 is 2.63 bits per heavy atom. The quantitative estimate of drug-likeness (QED) is 0.377. The third-order valence-electron chi connectivity index (χ3n) is 5.02. The molecular weight excluding hydrogens is 448 g/mol. The van der Waals surface area contributed by atoms with Gasteiger partial charge in [0.25, 0.3) is 5.56 Å². The predicted molar refractivity (Wildman–Crippen MR) is 123 cm³/mol. The third-order valence-corrected chi connectivity index (χ3v) is 5.51. The molecule has 2 N–H and O–H groups in total. The second-order valence-electron chi connectivity index (χ2n) is 6.95. The average molecular weight is 471 g/mol. The van der Waals surface area contributed by atoms with Crippen LogP contribution in [0.1, 0.15) is 19.8 Å². The highest BCUT2D eigenvalue weighted by atomic mass is 79.9. The van der Waals surface area contributed by atoms with E-state index in [-0.39, 0.29) is 5.56 Å². The molecule has 7 nitrogen and oxygen atoms in total. The molecule has 4 aromatic rings. The van der Waals surface area contributed by atoms with Gasteiger partial charge in [-0.05, 0) is 30.7 Å². The summed E-state index contributed by atoms with van der Waals surface area (Å²) < 4.78 is 13.3. The number of ether oxygens (including phenoxy) is 2. The van der Waals surface area contributed by atoms with Crippen LogP contribution in [0, 0.1) is 0 Å². The smallest absolute Gasteiger partial charge is 0.282 e. The minimum absolute atomic E-state index is 0.161. The van der Waals surface area contributed by atoms with Gasteiger partial charge in [0.15, 0.2) is 11.5 Å². The van der Waals surface area contributed by atoms with Gasteiger partial charge in [-0.1, -0.05) is 35.3 Å². The van der Waals surface area contributed by atoms with Gasteiger partial charge in [-0.15, -0.1) is 0 Å². The van der Waals surface area contributed by atoms with Crippen molar-refractivity contribution >= 4 is 43.6 Å². The SMILES string of the molecule is CCCCNc1nc2cc(OC)c(OC)cc2c2[nH]n(-c3cccc(Br)c3)c(=O)c12. The van der Waals surface area contributed by atoms with E-state index >= 15 is 0 Å². The van der Waals surface area contributed by atoms with Gasteiger partial charge in [-0.3, -0.25) is 9.89 Å². The number of methoxy groups -OCH3 is 2. The Hall–Kier alpha value is -3.00. The van der Waals surface area contributed by atoms with Gasteiger partial charge in [0, 0.05) is 22.5 Å². The molecule has 2 aromatic carbocycles. The lowest BCUT2D eigenvalue weighted by molar-refractivity contribution is 0.356. The molecular formula is C22H23BrN4O3. The maximum absolute atomic E-state index is 13.4. The molecule has 0 atom stereocenters. The number of unbranched alkanes of at least 4 members (excludes halogenated alkanes) is 1. The Labute approximate surface area is 182 Å². The van der Waals surface area contributed by atoms with Gasteiger partial charge in [-0.25, -0.2) is 9.67 Å². The molecule has 4 rings (SSSR count). The number of fused-ring (bicyclic) bond motifs is 3. The Bertz CT molecular complexity index is 1280. The maximum atomic E-state index is 13.4. The van der Waals surface area contributed by atoms with Crippen LogP contribution in [-0.2, 0) is 0 Å². The summed E-state index contributed by atoms with van der Waals surface area (Å²) in [5, 5.41) is 7.92. The minimum Gasteiger partial charge on any atom is -0.493 e. The lowest BCUT2D eigenvalue weighted by Gasteiger charge is -2.11. The molecule has 0 aliphatic rings. The van der Waals surface area contributed by atoms with Crippen LogP contribution in [0.3, 0.4) is 0 Å². The van der Waals surface area contributed by atoms with Gasteiger partial charge < -0.3 is 14.8 Å². The van der Waals surface area contributed by atoms with E-state index in [1.807, 2.05) is 36.4 Å². The van der Waals surface area contributed by atoms with Gasteiger partial charge in [0.1, 0.15) is 11.2 Å². The Balaban J connectivity index is 2.04. The molecule has 0 saturated heterocycles. The number of rotatable bonds is 7. The molecule has 0 radical (unpaired) electrons. The van der Waals surface area contributed by atoms with Crippen LogP contribution in [0.25, 0.3) is 27.5 Å². The van der Waals surface area contributed by atoms with Gasteiger partial charge in [-0.2, -0.15) is 0 Å². The van der Waals surface area contributed by atoms with E-state index in [1.165, 1.54) is 4.68 Å². The van der Waals surface area contributed by atoms with E-state index in [0.717, 1.165) is 34.9 Å². The largest absolute Gasteiger partial charge is 0.493 e. The highest BCUT2D eigenvalue weighted by Crippen LogP contribution is 2.35. The summed E-state index contributed by atoms with van der Waals surface area (Å²) in [6, 6.07) is 11.3. The number of halogens is 1. The summed E-state index contributed by atoms with van der Waals surface area (Å²) in [4.78, 5) is 18.2. The van der Waals surface area contributed by atoms with Gasteiger partial charge >= 0.3 is 0 Å². The molecule has 0 unspecified atom stereocenters. The summed E-state index contributed by atoms with van der Waals surface area (Å²) >= 11 is 3.47. The molecule has 2 aromatic heterocycles. The number of pyridine rings is 1. The van der Waals surface area contributed by atoms with Crippen LogP contribution in [0.2, 0.25) is 0 Å². The fraction of sp³-hybridized carbons (Fsp3) is 0.273. The second-order valence-corrected chi connectivity index (χ2v) is 7.86. The zero-order valence-electron chi connectivity index (χ0n) is 17.1. The van der Waals surface area contributed by atoms with E-state index in [0.29, 0.717) is 33.7 Å². The van der Waals surface area contributed by atoms with E-state index in [9.17, 15) is 4.79 Å². The first-order valence-electron chi connectivity index (χ1n) is 9.77. The standard InChI is InChI=1S/C22H23BrN4O3/c1-4-5-9-24-21-19-20(15-11-17(29-2)18(30-3)12-16(15)25-21)26-27(22(19)28)14-8-6-7-13(23)10-14/h6-8,10-12,26H,4-5,9H2,1-3H3,(H,24,25). The number of benzene rings is 2. The molecule has 0 saturated carbocycles. The lowest BCUT2D eigenvalue weighted by Crippen LogP contribution is -2.15. The van der Waals surface area contributed by atoms with Crippen LogP contribution >= 0.6 is 15.9 Å². The van der Waals surface area contributed by atoms with Crippen molar-refractivity contribution in [1.82, 2.24) is 14.8 Å². The molecule has 156 valence electrons. The summed E-state index contributed by atoms with van der Waals surface area (Å²) in [5.41, 5.74) is 1.98. The maximum Gasteiger partial charge on any atom is 0.282 e. The highest BCUT2D eigenvalue weighted by Gasteiger charge is 2.19. The highest BCUT2D eigenvalue weighted by molar-refractivity contribution is 9.10. The number of anilines is 1. The molecule has 0 bridgehead atoms. The van der Waals surface area contributed by atoms with Gasteiger partial charge in [0.2, 0.25) is 0 Å². The number of hydrogen-bond acceptors (Lipinski definition) is 5. The number of nitrogens with zero attached hydrogens (tertiary/aromatic N) is 2. The second kappa shape index (κ2) is 8.39. The first kappa shape index (κ1) is 20.3. The molecule has 2 heterocycles. The summed E-state index contributed by atoms with van der Waals surface area (Å²) in [5.74, 6) is 1.73. The topological polar surface area (TPSA) is 81.2 Å². The fourth-order valence-corrected chi connectivity index (χ4v) is 3.88. The predicted octanol–water partition coefficient (Wildman–Crippen LogP) is 4.86. The zero-order chi connectivity index (χ0) is 21.3. The van der Waals surface area contributed by atoms with E-state index in [1.54, 1.807) is 14.2 Å². The van der Waals surface area contributed by atoms with Crippen molar-refractivity contribution in [3.05, 3.63) is 51.2 Å². The Kier molecular flexibility index (Phi) is 5.67. The normalized spacial score (nSPS) is 11.2. The molecule has 0 aliphatic carbocycles. The summed E-state index contributed by atoms with van der Waals surface area (Å²) in [7, 11) is 3.18. The molecule has 8 heteroatoms. The van der Waals surface area contributed by atoms with Crippen molar-refractivity contribution in [1.29, 1.82) is 0 Å². The number of nitrogens with one attached hydrogen (secondary N) is 2. The Morgan fingerprint density at radius 2 is 1.93 bits per heavy atom. The molecule has 0 fully saturated rings. The third kappa shape index (κ3) is 3.52. The van der Waals surface area contributed by atoms with E-state index < -0.39 is 0 Å². The Morgan fingerprint density at radius 1 is 1.17 bits per heavy atom. The number of aromatic amines is 1. The van der Waals surface area contributed by atoms with Crippen molar-refractivity contribution < 1.29 is 9.47 Å². The van der Waals surface area contributed by atoms with Gasteiger partial charge in [0.05, 0.1) is 30.9 Å². The summed E-state index contributed by atoms with van der Waals surface area (Å²) in [6.07, 6.45) is 2.03. The van der Waals surface area contributed by atoms with E-state index in [2.05, 4.69) is 33.3 Å². The van der Waals surface area contributed by atoms with Crippen molar-refractivity contribution in [3.8, 4) is 17.2 Å². The van der Waals surface area contributed by atoms with Crippen molar-refractivity contribution in [2.75, 3.05) is 26.1 Å². The zero-order valence-corrected chi connectivity index (χ0v) is 18.7. The van der Waals surface area contributed by atoms with E-state index in [4.69, 9.17) is 14.5 Å². The average Bonchev–Trinajstić information content (AvgIpc) is 3.10. The summed E-state index contributed by atoms with van der Waals surface area (Å²) in [6.45, 7) is 2.86. The van der Waals surface area contributed by atoms with Crippen molar-refractivity contribution in [2.45, 2.75) is 19.8 Å². The molecule has 0 amide bonds. The molecule has 0 aliphatic heterocycles. The first-order chi connectivity index (χ1) is 14.6. The lowest BCUT2D eigenvalue weighted by atomic mass is 10.1. The number of H-pyrrole nitrogens is 1. The minimum atomic E-state index is -0.161. The van der Waals surface area contributed by atoms with Crippen LogP contribution < -0.4 is 20.3 Å². The van der Waals surface area contributed by atoms with Crippen LogP contribution in [0.15, 0.2) is 45.7 Å². The molecule has 30 heavy (non-hydrogen) atoms. The first-order valence-corrected chi connectivity index (χ1v) is 10.6. The molecule has 0 spiro atoms. The fourth-order valence-electron chi connectivity index (χ4n) is 3.50. The number of hydrogen-bond donors (Lipinski definition) is 2. The van der Waals surface area contributed by atoms with Crippen molar-refractivity contribution in [3.63, 3.8) is 0 Å².